The van der Waals surface area contributed by atoms with Crippen LogP contribution in [-0.2, 0) is 0 Å². The van der Waals surface area contributed by atoms with E-state index >= 15 is 0 Å². The van der Waals surface area contributed by atoms with Crippen LogP contribution in [0.4, 0.5) is 0 Å². The summed E-state index contributed by atoms with van der Waals surface area (Å²) < 4.78 is 10.8. The highest BCUT2D eigenvalue weighted by Gasteiger charge is 2.11. The van der Waals surface area contributed by atoms with E-state index in [1.54, 1.807) is 19.5 Å². The van der Waals surface area contributed by atoms with Crippen LogP contribution in [0.2, 0.25) is 0 Å². The van der Waals surface area contributed by atoms with Crippen molar-refractivity contribution >= 4 is 0 Å². The Labute approximate surface area is 112 Å². The molecular formula is C15H17NO3. The quantitative estimate of drug-likeness (QED) is 0.864. The number of aliphatic hydroxyl groups excluding tert-OH is 1. The number of aromatic nitrogens is 1. The molecule has 0 radical (unpaired) electrons. The minimum Gasteiger partial charge on any atom is -0.497 e. The number of nitrogens with zero attached hydrogens (tertiary/aromatic N) is 1. The highest BCUT2D eigenvalue weighted by molar-refractivity contribution is 5.31. The van der Waals surface area contributed by atoms with Crippen molar-refractivity contribution in [1.82, 2.24) is 4.98 Å². The van der Waals surface area contributed by atoms with Crippen LogP contribution in [0.1, 0.15) is 11.5 Å². The van der Waals surface area contributed by atoms with E-state index in [0.717, 1.165) is 17.1 Å². The Morgan fingerprint density at radius 3 is 2.47 bits per heavy atom. The van der Waals surface area contributed by atoms with Gasteiger partial charge in [-0.3, -0.25) is 4.98 Å². The number of pyridine rings is 1. The van der Waals surface area contributed by atoms with Crippen molar-refractivity contribution in [3.05, 3.63) is 54.4 Å². The number of ether oxygens (including phenoxy) is 2. The first-order valence-electron chi connectivity index (χ1n) is 6.11. The second-order valence-corrected chi connectivity index (χ2v) is 4.15. The lowest BCUT2D eigenvalue weighted by Gasteiger charge is -2.15. The molecule has 19 heavy (non-hydrogen) atoms. The first-order valence-corrected chi connectivity index (χ1v) is 6.11. The van der Waals surface area contributed by atoms with Gasteiger partial charge in [-0.2, -0.15) is 0 Å². The molecule has 0 aliphatic carbocycles. The predicted molar refractivity (Wildman–Crippen MR) is 72.6 cm³/mol. The van der Waals surface area contributed by atoms with Gasteiger partial charge in [0.15, 0.2) is 0 Å². The van der Waals surface area contributed by atoms with Gasteiger partial charge < -0.3 is 14.6 Å². The highest BCUT2D eigenvalue weighted by Crippen LogP contribution is 2.20. The maximum Gasteiger partial charge on any atom is 0.119 e. The van der Waals surface area contributed by atoms with Crippen LogP contribution < -0.4 is 9.47 Å². The third-order valence-corrected chi connectivity index (χ3v) is 2.89. The Balaban J connectivity index is 1.96. The number of aliphatic hydroxyl groups is 1. The fourth-order valence-electron chi connectivity index (χ4n) is 1.74. The van der Waals surface area contributed by atoms with Gasteiger partial charge in [0, 0.05) is 18.3 Å². The van der Waals surface area contributed by atoms with E-state index < -0.39 is 0 Å². The minimum atomic E-state index is -0.0733. The molecule has 100 valence electrons. The van der Waals surface area contributed by atoms with E-state index in [1.165, 1.54) is 0 Å². The summed E-state index contributed by atoms with van der Waals surface area (Å²) in [6.07, 6.45) is 3.46. The fourth-order valence-corrected chi connectivity index (χ4v) is 1.74. The second-order valence-electron chi connectivity index (χ2n) is 4.15. The minimum absolute atomic E-state index is 0.0296. The van der Waals surface area contributed by atoms with E-state index in [0.29, 0.717) is 6.61 Å². The van der Waals surface area contributed by atoms with Crippen molar-refractivity contribution in [3.8, 4) is 11.5 Å². The first-order chi connectivity index (χ1) is 9.33. The molecule has 1 heterocycles. The Bertz CT molecular complexity index is 485. The summed E-state index contributed by atoms with van der Waals surface area (Å²) in [5.74, 6) is 1.47. The fraction of sp³-hybridized carbons (Fsp3) is 0.267. The molecule has 1 atom stereocenters. The van der Waals surface area contributed by atoms with Crippen LogP contribution in [0.3, 0.4) is 0 Å². The summed E-state index contributed by atoms with van der Waals surface area (Å²) in [6.45, 7) is 0.441. The molecule has 0 amide bonds. The SMILES string of the molecule is COc1ccc(OCC(CO)c2cccnc2)cc1. The Kier molecular flexibility index (Phi) is 4.75. The van der Waals surface area contributed by atoms with Crippen molar-refractivity contribution in [2.75, 3.05) is 20.3 Å². The van der Waals surface area contributed by atoms with Gasteiger partial charge in [-0.15, -0.1) is 0 Å². The molecular weight excluding hydrogens is 242 g/mol. The summed E-state index contributed by atoms with van der Waals surface area (Å²) in [5.41, 5.74) is 0.971. The Hall–Kier alpha value is -2.07. The maximum atomic E-state index is 9.41. The summed E-state index contributed by atoms with van der Waals surface area (Å²) in [7, 11) is 1.63. The molecule has 0 fully saturated rings. The molecule has 1 aromatic carbocycles. The molecule has 1 aromatic heterocycles. The molecule has 0 spiro atoms. The van der Waals surface area contributed by atoms with Gasteiger partial charge in [0.05, 0.1) is 20.3 Å². The van der Waals surface area contributed by atoms with Gasteiger partial charge in [0.25, 0.3) is 0 Å². The maximum absolute atomic E-state index is 9.41. The third-order valence-electron chi connectivity index (χ3n) is 2.89. The smallest absolute Gasteiger partial charge is 0.119 e. The van der Waals surface area contributed by atoms with Crippen LogP contribution in [-0.4, -0.2) is 30.4 Å². The molecule has 1 unspecified atom stereocenters. The topological polar surface area (TPSA) is 51.6 Å². The van der Waals surface area contributed by atoms with Crippen molar-refractivity contribution in [3.63, 3.8) is 0 Å². The van der Waals surface area contributed by atoms with Crippen LogP contribution in [0.15, 0.2) is 48.8 Å². The van der Waals surface area contributed by atoms with Crippen molar-refractivity contribution in [2.24, 2.45) is 0 Å². The van der Waals surface area contributed by atoms with Crippen molar-refractivity contribution in [2.45, 2.75) is 5.92 Å². The van der Waals surface area contributed by atoms with E-state index in [2.05, 4.69) is 4.98 Å². The monoisotopic (exact) mass is 259 g/mol. The summed E-state index contributed by atoms with van der Waals surface area (Å²) in [5, 5.41) is 9.41. The molecule has 4 nitrogen and oxygen atoms in total. The van der Waals surface area contributed by atoms with E-state index in [4.69, 9.17) is 9.47 Å². The standard InChI is InChI=1S/C15H17NO3/c1-18-14-4-6-15(7-5-14)19-11-13(10-17)12-3-2-8-16-9-12/h2-9,13,17H,10-11H2,1H3. The number of rotatable bonds is 6. The van der Waals surface area contributed by atoms with E-state index in [-0.39, 0.29) is 12.5 Å². The lowest BCUT2D eigenvalue weighted by atomic mass is 10.0. The zero-order chi connectivity index (χ0) is 13.5. The lowest BCUT2D eigenvalue weighted by molar-refractivity contribution is 0.205. The Morgan fingerprint density at radius 1 is 1.16 bits per heavy atom. The largest absolute Gasteiger partial charge is 0.497 e. The molecule has 0 aliphatic heterocycles. The van der Waals surface area contributed by atoms with Gasteiger partial charge in [0.1, 0.15) is 11.5 Å². The van der Waals surface area contributed by atoms with Crippen LogP contribution >= 0.6 is 0 Å². The van der Waals surface area contributed by atoms with Gasteiger partial charge in [0.2, 0.25) is 0 Å². The van der Waals surface area contributed by atoms with Gasteiger partial charge in [-0.25, -0.2) is 0 Å². The van der Waals surface area contributed by atoms with Gasteiger partial charge in [-0.05, 0) is 35.9 Å². The van der Waals surface area contributed by atoms with Crippen molar-refractivity contribution in [1.29, 1.82) is 0 Å². The molecule has 4 heteroatoms. The average Bonchev–Trinajstić information content (AvgIpc) is 2.49. The van der Waals surface area contributed by atoms with Crippen LogP contribution in [0, 0.1) is 0 Å². The molecule has 2 aromatic rings. The number of hydrogen-bond donors (Lipinski definition) is 1. The van der Waals surface area contributed by atoms with Crippen molar-refractivity contribution < 1.29 is 14.6 Å². The molecule has 0 aliphatic rings. The zero-order valence-electron chi connectivity index (χ0n) is 10.8. The average molecular weight is 259 g/mol. The highest BCUT2D eigenvalue weighted by atomic mass is 16.5. The summed E-state index contributed by atoms with van der Waals surface area (Å²) in [4.78, 5) is 4.05. The third kappa shape index (κ3) is 3.69. The number of benzene rings is 1. The zero-order valence-corrected chi connectivity index (χ0v) is 10.8. The molecule has 0 saturated heterocycles. The van der Waals surface area contributed by atoms with E-state index in [1.807, 2.05) is 36.4 Å². The molecule has 2 rings (SSSR count). The normalized spacial score (nSPS) is 11.9. The summed E-state index contributed by atoms with van der Waals surface area (Å²) in [6, 6.07) is 11.2. The van der Waals surface area contributed by atoms with Crippen LogP contribution in [0.5, 0.6) is 11.5 Å². The predicted octanol–water partition coefficient (Wildman–Crippen LogP) is 2.25. The van der Waals surface area contributed by atoms with Gasteiger partial charge in [-0.1, -0.05) is 6.07 Å². The molecule has 0 saturated carbocycles. The molecule has 1 N–H and O–H groups in total. The van der Waals surface area contributed by atoms with Crippen LogP contribution in [0.25, 0.3) is 0 Å². The first kappa shape index (κ1) is 13.4. The van der Waals surface area contributed by atoms with E-state index in [9.17, 15) is 5.11 Å². The second kappa shape index (κ2) is 6.75. The lowest BCUT2D eigenvalue weighted by Crippen LogP contribution is -2.14. The molecule has 0 bridgehead atoms. The Morgan fingerprint density at radius 2 is 1.89 bits per heavy atom. The summed E-state index contributed by atoms with van der Waals surface area (Å²) >= 11 is 0. The number of hydrogen-bond acceptors (Lipinski definition) is 4. The number of methoxy groups -OCH3 is 1. The van der Waals surface area contributed by atoms with Gasteiger partial charge >= 0.3 is 0 Å².